The lowest BCUT2D eigenvalue weighted by Gasteiger charge is -2.27. The number of amides is 1. The highest BCUT2D eigenvalue weighted by molar-refractivity contribution is 5.96. The Bertz CT molecular complexity index is 466. The standard InChI is InChI=1S/C16H22N2O/c1-13-11-14-7-3-4-8-15(14)18(13)16(19)12-17-9-5-2-6-10-17/h3-4,7-8,13H,2,5-6,9-12H2,1H3/p+1/t13-/m1/s1. The van der Waals surface area contributed by atoms with Gasteiger partial charge in [0.15, 0.2) is 6.54 Å². The van der Waals surface area contributed by atoms with Gasteiger partial charge in [-0.05, 0) is 44.2 Å². The predicted molar refractivity (Wildman–Crippen MR) is 76.5 cm³/mol. The summed E-state index contributed by atoms with van der Waals surface area (Å²) >= 11 is 0. The molecule has 2 aliphatic rings. The van der Waals surface area contributed by atoms with Gasteiger partial charge >= 0.3 is 0 Å². The van der Waals surface area contributed by atoms with Gasteiger partial charge in [-0.1, -0.05) is 18.2 Å². The number of likely N-dealkylation sites (tertiary alicyclic amines) is 1. The number of carbonyl (C=O) groups excluding carboxylic acids is 1. The molecule has 2 aliphatic heterocycles. The van der Waals surface area contributed by atoms with E-state index in [0.717, 1.165) is 25.2 Å². The number of nitrogens with one attached hydrogen (secondary N) is 1. The quantitative estimate of drug-likeness (QED) is 0.843. The summed E-state index contributed by atoms with van der Waals surface area (Å²) in [5, 5.41) is 0. The first-order valence-electron chi connectivity index (χ1n) is 7.49. The third-order valence-electron chi connectivity index (χ3n) is 4.44. The van der Waals surface area contributed by atoms with Crippen LogP contribution >= 0.6 is 0 Å². The van der Waals surface area contributed by atoms with E-state index in [1.54, 1.807) is 0 Å². The second kappa shape index (κ2) is 5.33. The van der Waals surface area contributed by atoms with Crippen molar-refractivity contribution in [2.45, 2.75) is 38.6 Å². The van der Waals surface area contributed by atoms with Crippen LogP contribution in [0.1, 0.15) is 31.7 Å². The van der Waals surface area contributed by atoms with Crippen LogP contribution in [0.2, 0.25) is 0 Å². The molecule has 0 bridgehead atoms. The van der Waals surface area contributed by atoms with Crippen molar-refractivity contribution in [3.05, 3.63) is 29.8 Å². The molecular weight excluding hydrogens is 236 g/mol. The highest BCUT2D eigenvalue weighted by Gasteiger charge is 2.32. The van der Waals surface area contributed by atoms with E-state index in [1.807, 2.05) is 11.0 Å². The number of hydrogen-bond acceptors (Lipinski definition) is 1. The number of rotatable bonds is 2. The minimum Gasteiger partial charge on any atom is -0.327 e. The average molecular weight is 259 g/mol. The summed E-state index contributed by atoms with van der Waals surface area (Å²) in [6.45, 7) is 5.15. The molecular formula is C16H23N2O+. The van der Waals surface area contributed by atoms with Crippen LogP contribution in [-0.2, 0) is 11.2 Å². The number of benzene rings is 1. The lowest BCUT2D eigenvalue weighted by atomic mass is 10.1. The molecule has 1 amide bonds. The normalized spacial score (nSPS) is 23.4. The molecule has 3 rings (SSSR count). The van der Waals surface area contributed by atoms with Crippen molar-refractivity contribution < 1.29 is 9.69 Å². The second-order valence-electron chi connectivity index (χ2n) is 5.93. The molecule has 102 valence electrons. The largest absolute Gasteiger partial charge is 0.327 e. The van der Waals surface area contributed by atoms with E-state index < -0.39 is 0 Å². The number of fused-ring (bicyclic) bond motifs is 1. The van der Waals surface area contributed by atoms with Gasteiger partial charge in [-0.2, -0.15) is 0 Å². The summed E-state index contributed by atoms with van der Waals surface area (Å²) < 4.78 is 0. The number of hydrogen-bond donors (Lipinski definition) is 1. The fourth-order valence-corrected chi connectivity index (χ4v) is 3.47. The van der Waals surface area contributed by atoms with Crippen molar-refractivity contribution in [3.63, 3.8) is 0 Å². The first kappa shape index (κ1) is 12.7. The number of nitrogens with zero attached hydrogens (tertiary/aromatic N) is 1. The fourth-order valence-electron chi connectivity index (χ4n) is 3.47. The molecule has 0 unspecified atom stereocenters. The predicted octanol–water partition coefficient (Wildman–Crippen LogP) is 1.03. The number of quaternary nitrogens is 1. The molecule has 2 heterocycles. The highest BCUT2D eigenvalue weighted by atomic mass is 16.2. The van der Waals surface area contributed by atoms with Gasteiger partial charge in [-0.3, -0.25) is 4.79 Å². The molecule has 0 aliphatic carbocycles. The summed E-state index contributed by atoms with van der Waals surface area (Å²) in [6, 6.07) is 8.64. The molecule has 3 nitrogen and oxygen atoms in total. The minimum absolute atomic E-state index is 0.300. The first-order valence-corrected chi connectivity index (χ1v) is 7.49. The zero-order chi connectivity index (χ0) is 13.2. The summed E-state index contributed by atoms with van der Waals surface area (Å²) in [6.07, 6.45) is 4.88. The molecule has 19 heavy (non-hydrogen) atoms. The lowest BCUT2D eigenvalue weighted by molar-refractivity contribution is -0.896. The van der Waals surface area contributed by atoms with Crippen LogP contribution in [0.25, 0.3) is 0 Å². The van der Waals surface area contributed by atoms with Gasteiger partial charge in [0.05, 0.1) is 13.1 Å². The van der Waals surface area contributed by atoms with Gasteiger partial charge < -0.3 is 9.80 Å². The van der Waals surface area contributed by atoms with Gasteiger partial charge in [-0.25, -0.2) is 0 Å². The first-order chi connectivity index (χ1) is 9.25. The van der Waals surface area contributed by atoms with E-state index in [-0.39, 0.29) is 0 Å². The molecule has 1 fully saturated rings. The third-order valence-corrected chi connectivity index (χ3v) is 4.44. The van der Waals surface area contributed by atoms with Crippen LogP contribution in [0.3, 0.4) is 0 Å². The topological polar surface area (TPSA) is 24.8 Å². The minimum atomic E-state index is 0.300. The summed E-state index contributed by atoms with van der Waals surface area (Å²) in [7, 11) is 0. The molecule has 1 N–H and O–H groups in total. The molecule has 1 atom stereocenters. The van der Waals surface area contributed by atoms with Crippen LogP contribution in [0, 0.1) is 0 Å². The van der Waals surface area contributed by atoms with Gasteiger partial charge in [0.2, 0.25) is 0 Å². The number of anilines is 1. The zero-order valence-corrected chi connectivity index (χ0v) is 11.7. The van der Waals surface area contributed by atoms with Crippen molar-refractivity contribution in [1.82, 2.24) is 0 Å². The van der Waals surface area contributed by atoms with Gasteiger partial charge in [-0.15, -0.1) is 0 Å². The summed E-state index contributed by atoms with van der Waals surface area (Å²) in [5.74, 6) is 0.300. The maximum absolute atomic E-state index is 12.6. The Morgan fingerprint density at radius 3 is 2.79 bits per heavy atom. The maximum atomic E-state index is 12.6. The molecule has 0 radical (unpaired) electrons. The zero-order valence-electron chi connectivity index (χ0n) is 11.7. The van der Waals surface area contributed by atoms with Gasteiger partial charge in [0, 0.05) is 11.7 Å². The maximum Gasteiger partial charge on any atom is 0.282 e. The van der Waals surface area contributed by atoms with E-state index in [4.69, 9.17) is 0 Å². The van der Waals surface area contributed by atoms with E-state index in [1.165, 1.54) is 29.7 Å². The molecule has 0 saturated carbocycles. The molecule has 0 spiro atoms. The Morgan fingerprint density at radius 1 is 1.26 bits per heavy atom. The molecule has 1 saturated heterocycles. The Hall–Kier alpha value is -1.35. The number of piperidine rings is 1. The van der Waals surface area contributed by atoms with Crippen LogP contribution in [0.15, 0.2) is 24.3 Å². The summed E-state index contributed by atoms with van der Waals surface area (Å²) in [4.78, 5) is 16.1. The van der Waals surface area contributed by atoms with Crippen LogP contribution in [-0.4, -0.2) is 31.6 Å². The van der Waals surface area contributed by atoms with Crippen molar-refractivity contribution in [3.8, 4) is 0 Å². The smallest absolute Gasteiger partial charge is 0.282 e. The number of para-hydroxylation sites is 1. The van der Waals surface area contributed by atoms with Crippen molar-refractivity contribution >= 4 is 11.6 Å². The van der Waals surface area contributed by atoms with Crippen LogP contribution < -0.4 is 9.80 Å². The SMILES string of the molecule is C[C@@H]1Cc2ccccc2N1C(=O)C[NH+]1CCCCC1. The van der Waals surface area contributed by atoms with Gasteiger partial charge in [0.25, 0.3) is 5.91 Å². The second-order valence-corrected chi connectivity index (χ2v) is 5.93. The Balaban J connectivity index is 1.72. The van der Waals surface area contributed by atoms with E-state index in [0.29, 0.717) is 18.5 Å². The van der Waals surface area contributed by atoms with Crippen molar-refractivity contribution in [1.29, 1.82) is 0 Å². The van der Waals surface area contributed by atoms with E-state index in [2.05, 4.69) is 25.1 Å². The van der Waals surface area contributed by atoms with Crippen molar-refractivity contribution in [2.24, 2.45) is 0 Å². The van der Waals surface area contributed by atoms with Crippen LogP contribution in [0.5, 0.6) is 0 Å². The van der Waals surface area contributed by atoms with Gasteiger partial charge in [0.1, 0.15) is 0 Å². The lowest BCUT2D eigenvalue weighted by Crippen LogP contribution is -3.14. The Labute approximate surface area is 115 Å². The van der Waals surface area contributed by atoms with E-state index in [9.17, 15) is 4.79 Å². The molecule has 0 aromatic heterocycles. The van der Waals surface area contributed by atoms with Crippen molar-refractivity contribution in [2.75, 3.05) is 24.5 Å². The molecule has 3 heteroatoms. The Morgan fingerprint density at radius 2 is 2.00 bits per heavy atom. The molecule has 1 aromatic carbocycles. The Kier molecular flexibility index (Phi) is 3.56. The van der Waals surface area contributed by atoms with Crippen LogP contribution in [0.4, 0.5) is 5.69 Å². The number of carbonyl (C=O) groups is 1. The highest BCUT2D eigenvalue weighted by Crippen LogP contribution is 2.31. The average Bonchev–Trinajstić information content (AvgIpc) is 2.75. The third kappa shape index (κ3) is 2.52. The summed E-state index contributed by atoms with van der Waals surface area (Å²) in [5.41, 5.74) is 2.45. The molecule has 1 aromatic rings. The monoisotopic (exact) mass is 259 g/mol. The fraction of sp³-hybridized carbons (Fsp3) is 0.562. The van der Waals surface area contributed by atoms with E-state index >= 15 is 0 Å².